The Balaban J connectivity index is 1.62. The zero-order valence-corrected chi connectivity index (χ0v) is 14.2. The summed E-state index contributed by atoms with van der Waals surface area (Å²) in [4.78, 5) is 24.1. The first kappa shape index (κ1) is 16.2. The van der Waals surface area contributed by atoms with Crippen molar-refractivity contribution >= 4 is 29.3 Å². The second-order valence-corrected chi connectivity index (χ2v) is 6.13. The molecule has 0 aliphatic carbocycles. The molecule has 134 valence electrons. The molecule has 0 radical (unpaired) electrons. The standard InChI is InChI=1S/C17H19N7O2/c25-12-23-7-4-8-24(10-9-23)17-16(18-11-13-5-2-1-3-6-13)19-14-15(20-17)22-26-21-14/h1-3,5-6,12H,4,7-11H2,(H,18,19,21). The average molecular weight is 353 g/mol. The summed E-state index contributed by atoms with van der Waals surface area (Å²) in [6.07, 6.45) is 1.77. The van der Waals surface area contributed by atoms with Crippen LogP contribution in [0.5, 0.6) is 0 Å². The Kier molecular flexibility index (Phi) is 4.59. The largest absolute Gasteiger partial charge is 0.363 e. The third kappa shape index (κ3) is 3.41. The molecule has 3 aromatic rings. The van der Waals surface area contributed by atoms with Crippen LogP contribution >= 0.6 is 0 Å². The van der Waals surface area contributed by atoms with Crippen LogP contribution in [0.25, 0.3) is 11.3 Å². The predicted octanol–water partition coefficient (Wildman–Crippen LogP) is 1.29. The molecule has 4 rings (SSSR count). The van der Waals surface area contributed by atoms with E-state index < -0.39 is 0 Å². The molecule has 9 heteroatoms. The highest BCUT2D eigenvalue weighted by Crippen LogP contribution is 2.25. The van der Waals surface area contributed by atoms with Gasteiger partial charge in [-0.3, -0.25) is 4.79 Å². The first-order valence-electron chi connectivity index (χ1n) is 8.56. The molecular formula is C17H19N7O2. The number of nitrogens with zero attached hydrogens (tertiary/aromatic N) is 6. The first-order valence-corrected chi connectivity index (χ1v) is 8.56. The first-order chi connectivity index (χ1) is 12.8. The number of carbonyl (C=O) groups is 1. The molecule has 0 saturated carbocycles. The van der Waals surface area contributed by atoms with Gasteiger partial charge in [-0.05, 0) is 22.3 Å². The Labute approximate surface area is 150 Å². The van der Waals surface area contributed by atoms with Crippen molar-refractivity contribution in [1.82, 2.24) is 25.2 Å². The average Bonchev–Trinajstić information content (AvgIpc) is 3.01. The summed E-state index contributed by atoms with van der Waals surface area (Å²) in [5, 5.41) is 10.9. The molecule has 1 saturated heterocycles. The molecule has 2 aromatic heterocycles. The molecule has 0 spiro atoms. The summed E-state index contributed by atoms with van der Waals surface area (Å²) in [7, 11) is 0. The molecule has 26 heavy (non-hydrogen) atoms. The highest BCUT2D eigenvalue weighted by Gasteiger charge is 2.21. The smallest absolute Gasteiger partial charge is 0.245 e. The van der Waals surface area contributed by atoms with E-state index in [-0.39, 0.29) is 0 Å². The number of amides is 1. The van der Waals surface area contributed by atoms with Crippen molar-refractivity contribution in [2.24, 2.45) is 0 Å². The number of rotatable bonds is 5. The number of aromatic nitrogens is 4. The molecular weight excluding hydrogens is 334 g/mol. The van der Waals surface area contributed by atoms with E-state index in [2.05, 4.69) is 30.5 Å². The topological polar surface area (TPSA) is 100 Å². The molecule has 1 aliphatic rings. The van der Waals surface area contributed by atoms with Crippen molar-refractivity contribution in [1.29, 1.82) is 0 Å². The number of nitrogens with one attached hydrogen (secondary N) is 1. The van der Waals surface area contributed by atoms with Crippen molar-refractivity contribution < 1.29 is 9.42 Å². The quantitative estimate of drug-likeness (QED) is 0.685. The summed E-state index contributed by atoms with van der Waals surface area (Å²) in [5.41, 5.74) is 1.89. The molecule has 1 fully saturated rings. The van der Waals surface area contributed by atoms with Gasteiger partial charge < -0.3 is 15.1 Å². The van der Waals surface area contributed by atoms with E-state index in [0.717, 1.165) is 31.5 Å². The lowest BCUT2D eigenvalue weighted by atomic mass is 10.2. The maximum Gasteiger partial charge on any atom is 0.245 e. The summed E-state index contributed by atoms with van der Waals surface area (Å²) in [5.74, 6) is 1.34. The number of benzene rings is 1. The zero-order chi connectivity index (χ0) is 17.8. The van der Waals surface area contributed by atoms with Crippen molar-refractivity contribution in [2.45, 2.75) is 13.0 Å². The maximum absolute atomic E-state index is 11.1. The fraction of sp³-hybridized carbons (Fsp3) is 0.353. The van der Waals surface area contributed by atoms with Crippen LogP contribution in [0.4, 0.5) is 11.6 Å². The Morgan fingerprint density at radius 1 is 1.04 bits per heavy atom. The van der Waals surface area contributed by atoms with Crippen LogP contribution in [0.3, 0.4) is 0 Å². The Hall–Kier alpha value is -3.23. The minimum absolute atomic E-state index is 0.369. The van der Waals surface area contributed by atoms with Crippen LogP contribution in [0.15, 0.2) is 35.0 Å². The third-order valence-corrected chi connectivity index (χ3v) is 4.38. The zero-order valence-electron chi connectivity index (χ0n) is 14.2. The summed E-state index contributed by atoms with van der Waals surface area (Å²) < 4.78 is 4.76. The van der Waals surface area contributed by atoms with Crippen LogP contribution in [-0.2, 0) is 11.3 Å². The van der Waals surface area contributed by atoms with Gasteiger partial charge in [0, 0.05) is 32.7 Å². The van der Waals surface area contributed by atoms with Crippen LogP contribution < -0.4 is 10.2 Å². The van der Waals surface area contributed by atoms with Crippen LogP contribution in [0.1, 0.15) is 12.0 Å². The van der Waals surface area contributed by atoms with E-state index in [4.69, 9.17) is 4.63 Å². The second-order valence-electron chi connectivity index (χ2n) is 6.13. The number of anilines is 2. The number of carbonyl (C=O) groups excluding carboxylic acids is 1. The molecule has 9 nitrogen and oxygen atoms in total. The van der Waals surface area contributed by atoms with E-state index in [0.29, 0.717) is 42.6 Å². The van der Waals surface area contributed by atoms with Crippen molar-refractivity contribution in [2.75, 3.05) is 36.4 Å². The lowest BCUT2D eigenvalue weighted by molar-refractivity contribution is -0.117. The molecule has 0 unspecified atom stereocenters. The van der Waals surface area contributed by atoms with Gasteiger partial charge in [0.05, 0.1) is 0 Å². The summed E-state index contributed by atoms with van der Waals surface area (Å²) in [6, 6.07) is 10.1. The minimum atomic E-state index is 0.369. The fourth-order valence-electron chi connectivity index (χ4n) is 3.00. The lowest BCUT2D eigenvalue weighted by Gasteiger charge is -2.23. The second kappa shape index (κ2) is 7.34. The molecule has 1 aromatic carbocycles. The Bertz CT molecular complexity index is 883. The van der Waals surface area contributed by atoms with E-state index >= 15 is 0 Å². The fourth-order valence-corrected chi connectivity index (χ4v) is 3.00. The minimum Gasteiger partial charge on any atom is -0.363 e. The maximum atomic E-state index is 11.1. The van der Waals surface area contributed by atoms with E-state index in [1.807, 2.05) is 30.3 Å². The van der Waals surface area contributed by atoms with E-state index in [9.17, 15) is 4.79 Å². The van der Waals surface area contributed by atoms with Gasteiger partial charge in [-0.25, -0.2) is 14.6 Å². The molecule has 1 aliphatic heterocycles. The van der Waals surface area contributed by atoms with Crippen LogP contribution in [-0.4, -0.2) is 57.8 Å². The number of hydrogen-bond donors (Lipinski definition) is 1. The Morgan fingerprint density at radius 3 is 2.65 bits per heavy atom. The van der Waals surface area contributed by atoms with E-state index in [1.54, 1.807) is 4.90 Å². The van der Waals surface area contributed by atoms with Gasteiger partial charge in [0.15, 0.2) is 11.6 Å². The van der Waals surface area contributed by atoms with Crippen molar-refractivity contribution in [3.63, 3.8) is 0 Å². The van der Waals surface area contributed by atoms with Gasteiger partial charge in [0.1, 0.15) is 0 Å². The van der Waals surface area contributed by atoms with Gasteiger partial charge in [0.2, 0.25) is 17.7 Å². The van der Waals surface area contributed by atoms with Crippen molar-refractivity contribution in [3.8, 4) is 0 Å². The van der Waals surface area contributed by atoms with Gasteiger partial charge >= 0.3 is 0 Å². The lowest BCUT2D eigenvalue weighted by Crippen LogP contribution is -2.31. The number of fused-ring (bicyclic) bond motifs is 1. The normalized spacial score (nSPS) is 15.1. The number of hydrogen-bond acceptors (Lipinski definition) is 8. The van der Waals surface area contributed by atoms with Crippen LogP contribution in [0.2, 0.25) is 0 Å². The third-order valence-electron chi connectivity index (χ3n) is 4.38. The predicted molar refractivity (Wildman–Crippen MR) is 95.6 cm³/mol. The highest BCUT2D eigenvalue weighted by atomic mass is 16.6. The van der Waals surface area contributed by atoms with Crippen LogP contribution in [0, 0.1) is 0 Å². The van der Waals surface area contributed by atoms with Gasteiger partial charge in [0.25, 0.3) is 0 Å². The molecule has 3 heterocycles. The summed E-state index contributed by atoms with van der Waals surface area (Å²) >= 11 is 0. The SMILES string of the molecule is O=CN1CCCN(c2nc3nonc3nc2NCc2ccccc2)CC1. The molecule has 1 amide bonds. The molecule has 0 bridgehead atoms. The molecule has 1 N–H and O–H groups in total. The monoisotopic (exact) mass is 353 g/mol. The summed E-state index contributed by atoms with van der Waals surface area (Å²) in [6.45, 7) is 3.49. The van der Waals surface area contributed by atoms with Crippen molar-refractivity contribution in [3.05, 3.63) is 35.9 Å². The highest BCUT2D eigenvalue weighted by molar-refractivity contribution is 5.74. The molecule has 0 atom stereocenters. The van der Waals surface area contributed by atoms with Gasteiger partial charge in [-0.2, -0.15) is 0 Å². The van der Waals surface area contributed by atoms with Gasteiger partial charge in [-0.15, -0.1) is 0 Å². The van der Waals surface area contributed by atoms with Gasteiger partial charge in [-0.1, -0.05) is 30.3 Å². The van der Waals surface area contributed by atoms with E-state index in [1.165, 1.54) is 0 Å². The Morgan fingerprint density at radius 2 is 1.85 bits per heavy atom.